The predicted octanol–water partition coefficient (Wildman–Crippen LogP) is 3.53. The van der Waals surface area contributed by atoms with E-state index in [-0.39, 0.29) is 0 Å². The molecule has 0 bridgehead atoms. The van der Waals surface area contributed by atoms with Crippen LogP contribution in [-0.2, 0) is 4.79 Å². The van der Waals surface area contributed by atoms with Crippen LogP contribution in [0.1, 0.15) is 48.5 Å². The summed E-state index contributed by atoms with van der Waals surface area (Å²) in [5, 5.41) is 0. The van der Waals surface area contributed by atoms with Gasteiger partial charge in [0.1, 0.15) is 12.6 Å². The fourth-order valence-electron chi connectivity index (χ4n) is 1.68. The lowest BCUT2D eigenvalue weighted by atomic mass is 9.95. The Morgan fingerprint density at radius 1 is 1.24 bits per heavy atom. The molecule has 0 aliphatic carbocycles. The summed E-state index contributed by atoms with van der Waals surface area (Å²) in [7, 11) is 0. The Bertz CT molecular complexity index is 401. The minimum Gasteiger partial charge on any atom is -0.298 e. The maximum absolute atomic E-state index is 10.5. The number of carbonyl (C=O) groups is 2. The Hall–Kier alpha value is -1.70. The van der Waals surface area contributed by atoms with Crippen molar-refractivity contribution in [2.24, 2.45) is 0 Å². The average Bonchev–Trinajstić information content (AvgIpc) is 2.38. The molecular weight excluding hydrogens is 212 g/mol. The van der Waals surface area contributed by atoms with E-state index >= 15 is 0 Å². The molecule has 1 aromatic rings. The molecule has 1 atom stereocenters. The van der Waals surface area contributed by atoms with Crippen LogP contribution in [0.3, 0.4) is 0 Å². The van der Waals surface area contributed by atoms with Crippen LogP contribution >= 0.6 is 0 Å². The fraction of sp³-hybridized carbons (Fsp3) is 0.333. The van der Waals surface area contributed by atoms with Gasteiger partial charge in [-0.2, -0.15) is 0 Å². The topological polar surface area (TPSA) is 34.1 Å². The molecule has 0 saturated heterocycles. The first-order chi connectivity index (χ1) is 8.17. The number of hydrogen-bond donors (Lipinski definition) is 0. The van der Waals surface area contributed by atoms with E-state index in [4.69, 9.17) is 0 Å². The molecule has 0 unspecified atom stereocenters. The first-order valence-electron chi connectivity index (χ1n) is 5.84. The smallest absolute Gasteiger partial charge is 0.150 e. The number of rotatable bonds is 6. The second-order valence-electron chi connectivity index (χ2n) is 4.33. The van der Waals surface area contributed by atoms with Crippen molar-refractivity contribution in [3.8, 4) is 0 Å². The molecule has 90 valence electrons. The van der Waals surface area contributed by atoms with Crippen LogP contribution in [0.2, 0.25) is 0 Å². The Morgan fingerprint density at radius 2 is 1.88 bits per heavy atom. The molecule has 2 nitrogen and oxygen atoms in total. The van der Waals surface area contributed by atoms with Gasteiger partial charge in [-0.1, -0.05) is 37.3 Å². The standard InChI is InChI=1S/C15H18O2/c1-12(10-16)4-3-5-13(2)15-8-6-14(11-17)7-9-15/h4,6-11,13H,3,5H2,1-2H3/b12-4+/t13-/m1/s1. The van der Waals surface area contributed by atoms with Gasteiger partial charge in [-0.15, -0.1) is 0 Å². The summed E-state index contributed by atoms with van der Waals surface area (Å²) in [5.41, 5.74) is 2.72. The zero-order valence-electron chi connectivity index (χ0n) is 10.3. The largest absolute Gasteiger partial charge is 0.298 e. The van der Waals surface area contributed by atoms with Gasteiger partial charge in [0.2, 0.25) is 0 Å². The SMILES string of the molecule is C/C(C=O)=C\CC[C@@H](C)c1ccc(C=O)cc1. The Labute approximate surface area is 102 Å². The third kappa shape index (κ3) is 4.35. The van der Waals surface area contributed by atoms with E-state index in [9.17, 15) is 9.59 Å². The van der Waals surface area contributed by atoms with Gasteiger partial charge in [0.15, 0.2) is 0 Å². The summed E-state index contributed by atoms with van der Waals surface area (Å²) >= 11 is 0. The summed E-state index contributed by atoms with van der Waals surface area (Å²) < 4.78 is 0. The van der Waals surface area contributed by atoms with Gasteiger partial charge in [0.05, 0.1) is 0 Å². The molecule has 0 aliphatic heterocycles. The molecule has 0 amide bonds. The second-order valence-corrected chi connectivity index (χ2v) is 4.33. The maximum atomic E-state index is 10.5. The Morgan fingerprint density at radius 3 is 2.41 bits per heavy atom. The molecule has 2 heteroatoms. The van der Waals surface area contributed by atoms with Gasteiger partial charge >= 0.3 is 0 Å². The Kier molecular flexibility index (Phi) is 5.34. The highest BCUT2D eigenvalue weighted by Crippen LogP contribution is 2.21. The van der Waals surface area contributed by atoms with Gasteiger partial charge in [0.25, 0.3) is 0 Å². The van der Waals surface area contributed by atoms with Crippen LogP contribution in [0.5, 0.6) is 0 Å². The van der Waals surface area contributed by atoms with E-state index in [1.54, 1.807) is 0 Å². The minimum atomic E-state index is 0.436. The maximum Gasteiger partial charge on any atom is 0.150 e. The monoisotopic (exact) mass is 230 g/mol. The Balaban J connectivity index is 2.54. The quantitative estimate of drug-likeness (QED) is 0.553. The zero-order chi connectivity index (χ0) is 12.7. The fourth-order valence-corrected chi connectivity index (χ4v) is 1.68. The van der Waals surface area contributed by atoms with Crippen LogP contribution in [0.4, 0.5) is 0 Å². The van der Waals surface area contributed by atoms with Gasteiger partial charge in [0, 0.05) is 5.56 Å². The van der Waals surface area contributed by atoms with Crippen LogP contribution in [0.15, 0.2) is 35.9 Å². The van der Waals surface area contributed by atoms with Crippen molar-refractivity contribution in [2.45, 2.75) is 32.6 Å². The second kappa shape index (κ2) is 6.79. The summed E-state index contributed by atoms with van der Waals surface area (Å²) in [6.07, 6.45) is 5.60. The third-order valence-corrected chi connectivity index (χ3v) is 2.89. The lowest BCUT2D eigenvalue weighted by Crippen LogP contribution is -1.93. The summed E-state index contributed by atoms with van der Waals surface area (Å²) in [5.74, 6) is 0.436. The van der Waals surface area contributed by atoms with Gasteiger partial charge in [-0.3, -0.25) is 9.59 Å². The lowest BCUT2D eigenvalue weighted by molar-refractivity contribution is -0.104. The molecule has 0 heterocycles. The molecule has 1 rings (SSSR count). The van der Waals surface area contributed by atoms with E-state index in [0.717, 1.165) is 31.0 Å². The molecule has 0 saturated carbocycles. The van der Waals surface area contributed by atoms with E-state index in [2.05, 4.69) is 6.92 Å². The van der Waals surface area contributed by atoms with E-state index in [1.807, 2.05) is 37.3 Å². The summed E-state index contributed by atoms with van der Waals surface area (Å²) in [6.45, 7) is 3.97. The molecule has 0 N–H and O–H groups in total. The number of hydrogen-bond acceptors (Lipinski definition) is 2. The molecule has 17 heavy (non-hydrogen) atoms. The zero-order valence-corrected chi connectivity index (χ0v) is 10.3. The highest BCUT2D eigenvalue weighted by molar-refractivity contribution is 5.74. The first-order valence-corrected chi connectivity index (χ1v) is 5.84. The lowest BCUT2D eigenvalue weighted by Gasteiger charge is -2.10. The van der Waals surface area contributed by atoms with Crippen LogP contribution in [0.25, 0.3) is 0 Å². The van der Waals surface area contributed by atoms with Crippen LogP contribution < -0.4 is 0 Å². The first kappa shape index (κ1) is 13.4. The van der Waals surface area contributed by atoms with Crippen molar-refractivity contribution in [1.82, 2.24) is 0 Å². The molecule has 0 radical (unpaired) electrons. The normalized spacial score (nSPS) is 13.2. The van der Waals surface area contributed by atoms with Crippen molar-refractivity contribution in [1.29, 1.82) is 0 Å². The molecule has 0 aromatic heterocycles. The third-order valence-electron chi connectivity index (χ3n) is 2.89. The number of allylic oxidation sites excluding steroid dienone is 2. The summed E-state index contributed by atoms with van der Waals surface area (Å²) in [4.78, 5) is 20.9. The minimum absolute atomic E-state index is 0.436. The predicted molar refractivity (Wildman–Crippen MR) is 69.3 cm³/mol. The molecule has 0 spiro atoms. The number of carbonyl (C=O) groups excluding carboxylic acids is 2. The van der Waals surface area contributed by atoms with Crippen molar-refractivity contribution in [3.63, 3.8) is 0 Å². The van der Waals surface area contributed by atoms with Crippen LogP contribution in [-0.4, -0.2) is 12.6 Å². The average molecular weight is 230 g/mol. The highest BCUT2D eigenvalue weighted by atomic mass is 16.1. The van der Waals surface area contributed by atoms with Gasteiger partial charge < -0.3 is 0 Å². The van der Waals surface area contributed by atoms with E-state index < -0.39 is 0 Å². The molecule has 0 aliphatic rings. The van der Waals surface area contributed by atoms with E-state index in [1.165, 1.54) is 5.56 Å². The summed E-state index contributed by atoms with van der Waals surface area (Å²) in [6, 6.07) is 7.66. The molecule has 1 aromatic carbocycles. The molecular formula is C15H18O2. The number of benzene rings is 1. The van der Waals surface area contributed by atoms with Gasteiger partial charge in [-0.25, -0.2) is 0 Å². The van der Waals surface area contributed by atoms with Crippen molar-refractivity contribution in [3.05, 3.63) is 47.0 Å². The van der Waals surface area contributed by atoms with Crippen molar-refractivity contribution >= 4 is 12.6 Å². The van der Waals surface area contributed by atoms with Gasteiger partial charge in [-0.05, 0) is 36.8 Å². The van der Waals surface area contributed by atoms with E-state index in [0.29, 0.717) is 11.5 Å². The van der Waals surface area contributed by atoms with Crippen molar-refractivity contribution in [2.75, 3.05) is 0 Å². The highest BCUT2D eigenvalue weighted by Gasteiger charge is 2.04. The number of aldehydes is 2. The molecule has 0 fully saturated rings. The van der Waals surface area contributed by atoms with Crippen LogP contribution in [0, 0.1) is 0 Å². The van der Waals surface area contributed by atoms with Crippen molar-refractivity contribution < 1.29 is 9.59 Å².